The van der Waals surface area contributed by atoms with Crippen LogP contribution in [0.15, 0.2) is 108 Å². The number of rotatable bonds is 2. The normalized spacial score (nSPS) is 11.7. The molecule has 3 nitrogen and oxygen atoms in total. The van der Waals surface area contributed by atoms with E-state index in [2.05, 4.69) is 76.7 Å². The van der Waals surface area contributed by atoms with Gasteiger partial charge < -0.3 is 4.42 Å². The molecule has 0 amide bonds. The van der Waals surface area contributed by atoms with E-state index in [4.69, 9.17) is 16.0 Å². The second kappa shape index (κ2) is 7.41. The Morgan fingerprint density at radius 1 is 0.588 bits per heavy atom. The summed E-state index contributed by atoms with van der Waals surface area (Å²) in [5.41, 5.74) is 6.45. The van der Waals surface area contributed by atoms with E-state index in [0.717, 1.165) is 60.6 Å². The summed E-state index contributed by atoms with van der Waals surface area (Å²) in [5.74, 6) is 0. The predicted octanol–water partition coefficient (Wildman–Crippen LogP) is 8.67. The highest BCUT2D eigenvalue weighted by Gasteiger charge is 2.18. The first-order chi connectivity index (χ1) is 16.7. The van der Waals surface area contributed by atoms with E-state index in [1.165, 1.54) is 5.39 Å². The molecule has 0 radical (unpaired) electrons. The lowest BCUT2D eigenvalue weighted by Crippen LogP contribution is -1.92. The van der Waals surface area contributed by atoms with Gasteiger partial charge in [-0.1, -0.05) is 72.8 Å². The van der Waals surface area contributed by atoms with Gasteiger partial charge in [-0.05, 0) is 63.8 Å². The van der Waals surface area contributed by atoms with E-state index in [9.17, 15) is 0 Å². The van der Waals surface area contributed by atoms with Gasteiger partial charge in [0.25, 0.3) is 0 Å². The van der Waals surface area contributed by atoms with Crippen molar-refractivity contribution in [2.75, 3.05) is 0 Å². The van der Waals surface area contributed by atoms with Gasteiger partial charge in [0, 0.05) is 21.7 Å². The summed E-state index contributed by atoms with van der Waals surface area (Å²) in [6.45, 7) is 0. The maximum atomic E-state index is 6.45. The number of para-hydroxylation sites is 1. The first-order valence-electron chi connectivity index (χ1n) is 11.1. The lowest BCUT2D eigenvalue weighted by molar-refractivity contribution is 0.669. The largest absolute Gasteiger partial charge is 0.456 e. The van der Waals surface area contributed by atoms with E-state index >= 15 is 0 Å². The van der Waals surface area contributed by atoms with Crippen LogP contribution in [0.2, 0.25) is 5.28 Å². The molecule has 0 saturated carbocycles. The minimum Gasteiger partial charge on any atom is -0.456 e. The molecule has 0 atom stereocenters. The van der Waals surface area contributed by atoms with Crippen molar-refractivity contribution in [3.05, 3.63) is 108 Å². The van der Waals surface area contributed by atoms with Gasteiger partial charge in [0.15, 0.2) is 0 Å². The summed E-state index contributed by atoms with van der Waals surface area (Å²) in [4.78, 5) is 9.03. The van der Waals surface area contributed by atoms with Crippen molar-refractivity contribution in [2.45, 2.75) is 0 Å². The Kier molecular flexibility index (Phi) is 4.20. The molecular weight excluding hydrogens is 440 g/mol. The molecule has 0 spiro atoms. The molecule has 0 saturated heterocycles. The fraction of sp³-hybridized carbons (Fsp3) is 0. The molecule has 0 N–H and O–H groups in total. The lowest BCUT2D eigenvalue weighted by Gasteiger charge is -2.10. The summed E-state index contributed by atoms with van der Waals surface area (Å²) in [7, 11) is 0. The zero-order valence-electron chi connectivity index (χ0n) is 18.0. The maximum absolute atomic E-state index is 6.45. The molecule has 2 heterocycles. The summed E-state index contributed by atoms with van der Waals surface area (Å²) >= 11 is 6.33. The predicted molar refractivity (Wildman–Crippen MR) is 140 cm³/mol. The third-order valence-corrected chi connectivity index (χ3v) is 6.54. The smallest absolute Gasteiger partial charge is 0.223 e. The van der Waals surface area contributed by atoms with Gasteiger partial charge in [-0.3, -0.25) is 0 Å². The van der Waals surface area contributed by atoms with Crippen molar-refractivity contribution >= 4 is 55.2 Å². The summed E-state index contributed by atoms with van der Waals surface area (Å²) in [6.07, 6.45) is 0. The molecule has 4 heteroatoms. The van der Waals surface area contributed by atoms with Crippen LogP contribution in [0, 0.1) is 0 Å². The Hall–Kier alpha value is -4.21. The number of hydrogen-bond donors (Lipinski definition) is 0. The van der Waals surface area contributed by atoms with E-state index in [0.29, 0.717) is 0 Å². The van der Waals surface area contributed by atoms with Crippen LogP contribution in [0.3, 0.4) is 0 Å². The zero-order chi connectivity index (χ0) is 22.6. The highest BCUT2D eigenvalue weighted by molar-refractivity contribution is 6.29. The Bertz CT molecular complexity index is 1870. The molecule has 0 fully saturated rings. The SMILES string of the molecule is Clc1nc(-c2cc(-c3ccccc3)c3c(c2)oc2cc4ccccc4cc23)c2ccccc2n1. The van der Waals surface area contributed by atoms with Crippen LogP contribution < -0.4 is 0 Å². The maximum Gasteiger partial charge on any atom is 0.223 e. The number of benzene rings is 5. The van der Waals surface area contributed by atoms with Crippen LogP contribution in [0.4, 0.5) is 0 Å². The average molecular weight is 457 g/mol. The van der Waals surface area contributed by atoms with E-state index in [1.807, 2.05) is 36.4 Å². The van der Waals surface area contributed by atoms with Gasteiger partial charge in [-0.15, -0.1) is 0 Å². The Labute approximate surface area is 200 Å². The van der Waals surface area contributed by atoms with Crippen molar-refractivity contribution in [1.29, 1.82) is 0 Å². The zero-order valence-corrected chi connectivity index (χ0v) is 18.8. The summed E-state index contributed by atoms with van der Waals surface area (Å²) in [5, 5.41) is 5.72. The molecule has 0 aliphatic heterocycles. The molecule has 2 aromatic heterocycles. The number of nitrogens with zero attached hydrogens (tertiary/aromatic N) is 2. The second-order valence-corrected chi connectivity index (χ2v) is 8.76. The number of furan rings is 1. The summed E-state index contributed by atoms with van der Waals surface area (Å²) in [6, 6.07) is 35.3. The minimum atomic E-state index is 0.228. The molecular formula is C30H17ClN2O. The molecule has 0 aliphatic rings. The van der Waals surface area contributed by atoms with Gasteiger partial charge in [0.05, 0.1) is 11.2 Å². The highest BCUT2D eigenvalue weighted by Crippen LogP contribution is 2.41. The number of fused-ring (bicyclic) bond motifs is 5. The van der Waals surface area contributed by atoms with Crippen molar-refractivity contribution in [3.8, 4) is 22.4 Å². The molecule has 160 valence electrons. The Balaban J connectivity index is 1.62. The number of aromatic nitrogens is 2. The van der Waals surface area contributed by atoms with Crippen molar-refractivity contribution < 1.29 is 4.42 Å². The van der Waals surface area contributed by atoms with Gasteiger partial charge in [0.1, 0.15) is 11.2 Å². The molecule has 0 aliphatic carbocycles. The lowest BCUT2D eigenvalue weighted by atomic mass is 9.94. The van der Waals surface area contributed by atoms with Crippen LogP contribution in [0.5, 0.6) is 0 Å². The van der Waals surface area contributed by atoms with E-state index in [1.54, 1.807) is 0 Å². The molecule has 0 unspecified atom stereocenters. The van der Waals surface area contributed by atoms with Gasteiger partial charge >= 0.3 is 0 Å². The fourth-order valence-corrected chi connectivity index (χ4v) is 5.02. The second-order valence-electron chi connectivity index (χ2n) is 8.42. The highest BCUT2D eigenvalue weighted by atomic mass is 35.5. The van der Waals surface area contributed by atoms with Crippen LogP contribution in [-0.4, -0.2) is 9.97 Å². The van der Waals surface area contributed by atoms with Crippen LogP contribution >= 0.6 is 11.6 Å². The van der Waals surface area contributed by atoms with Crippen LogP contribution in [-0.2, 0) is 0 Å². The van der Waals surface area contributed by atoms with E-state index < -0.39 is 0 Å². The van der Waals surface area contributed by atoms with Crippen molar-refractivity contribution in [2.24, 2.45) is 0 Å². The molecule has 34 heavy (non-hydrogen) atoms. The monoisotopic (exact) mass is 456 g/mol. The van der Waals surface area contributed by atoms with E-state index in [-0.39, 0.29) is 5.28 Å². The van der Waals surface area contributed by atoms with Gasteiger partial charge in [-0.25, -0.2) is 9.97 Å². The van der Waals surface area contributed by atoms with Crippen molar-refractivity contribution in [1.82, 2.24) is 9.97 Å². The number of hydrogen-bond acceptors (Lipinski definition) is 3. The quantitative estimate of drug-likeness (QED) is 0.244. The molecule has 5 aromatic carbocycles. The Morgan fingerprint density at radius 2 is 1.32 bits per heavy atom. The third kappa shape index (κ3) is 2.98. The first-order valence-corrected chi connectivity index (χ1v) is 11.5. The van der Waals surface area contributed by atoms with Gasteiger partial charge in [-0.2, -0.15) is 0 Å². The topological polar surface area (TPSA) is 38.9 Å². The number of halogens is 1. The van der Waals surface area contributed by atoms with Crippen molar-refractivity contribution in [3.63, 3.8) is 0 Å². The third-order valence-electron chi connectivity index (χ3n) is 6.37. The standard InChI is InChI=1S/C30H17ClN2O/c31-30-32-25-13-7-6-12-22(25)29(33-30)21-15-23(18-8-2-1-3-9-18)28-24-14-19-10-4-5-11-20(19)16-26(24)34-27(28)17-21/h1-17H. The average Bonchev–Trinajstić information content (AvgIpc) is 3.24. The fourth-order valence-electron chi connectivity index (χ4n) is 4.84. The first kappa shape index (κ1) is 19.3. The Morgan fingerprint density at radius 3 is 2.18 bits per heavy atom. The minimum absolute atomic E-state index is 0.228. The van der Waals surface area contributed by atoms with Gasteiger partial charge in [0.2, 0.25) is 5.28 Å². The van der Waals surface area contributed by atoms with Crippen LogP contribution in [0.1, 0.15) is 0 Å². The molecule has 7 rings (SSSR count). The molecule has 0 bridgehead atoms. The summed E-state index contributed by atoms with van der Waals surface area (Å²) < 4.78 is 6.45. The van der Waals surface area contributed by atoms with Crippen LogP contribution in [0.25, 0.3) is 66.0 Å². The molecule has 7 aromatic rings.